The average Bonchev–Trinajstić information content (AvgIpc) is 2.89. The maximum absolute atomic E-state index is 12.5. The molecule has 0 unspecified atom stereocenters. The van der Waals surface area contributed by atoms with Gasteiger partial charge < -0.3 is 5.32 Å². The molecule has 0 aromatic heterocycles. The number of nitrogens with one attached hydrogen (secondary N) is 2. The molecule has 0 atom stereocenters. The van der Waals surface area contributed by atoms with Crippen LogP contribution in [0.1, 0.15) is 21.5 Å². The van der Waals surface area contributed by atoms with E-state index in [-0.39, 0.29) is 22.1 Å². The van der Waals surface area contributed by atoms with Crippen LogP contribution < -0.4 is 10.0 Å². The fourth-order valence-electron chi connectivity index (χ4n) is 2.36. The SMILES string of the molecule is N#Cc1ccccc1S(=O)(=O)Nc1cccc2c1C(=O)NC2. The van der Waals surface area contributed by atoms with Crippen molar-refractivity contribution >= 4 is 21.6 Å². The monoisotopic (exact) mass is 313 g/mol. The largest absolute Gasteiger partial charge is 0.348 e. The minimum absolute atomic E-state index is 0.0482. The molecular weight excluding hydrogens is 302 g/mol. The third-order valence-electron chi connectivity index (χ3n) is 3.36. The second-order valence-corrected chi connectivity index (χ2v) is 6.39. The average molecular weight is 313 g/mol. The number of hydrogen-bond donors (Lipinski definition) is 2. The van der Waals surface area contributed by atoms with Gasteiger partial charge >= 0.3 is 0 Å². The van der Waals surface area contributed by atoms with Crippen LogP contribution in [0.5, 0.6) is 0 Å². The maximum Gasteiger partial charge on any atom is 0.263 e. The van der Waals surface area contributed by atoms with Crippen molar-refractivity contribution < 1.29 is 13.2 Å². The van der Waals surface area contributed by atoms with Crippen LogP contribution in [0.25, 0.3) is 0 Å². The molecule has 0 fully saturated rings. The third kappa shape index (κ3) is 2.29. The van der Waals surface area contributed by atoms with E-state index in [2.05, 4.69) is 10.0 Å². The number of carbonyl (C=O) groups excluding carboxylic acids is 1. The number of benzene rings is 2. The predicted molar refractivity (Wildman–Crippen MR) is 79.6 cm³/mol. The highest BCUT2D eigenvalue weighted by atomic mass is 32.2. The summed E-state index contributed by atoms with van der Waals surface area (Å²) in [6.45, 7) is 0.374. The Morgan fingerprint density at radius 1 is 1.14 bits per heavy atom. The molecule has 3 rings (SSSR count). The first-order valence-corrected chi connectivity index (χ1v) is 7.93. The van der Waals surface area contributed by atoms with Gasteiger partial charge in [0, 0.05) is 6.54 Å². The molecule has 1 aliphatic rings. The maximum atomic E-state index is 12.5. The Hall–Kier alpha value is -2.85. The van der Waals surface area contributed by atoms with E-state index >= 15 is 0 Å². The molecule has 1 heterocycles. The summed E-state index contributed by atoms with van der Waals surface area (Å²) in [5, 5.41) is 11.7. The van der Waals surface area contributed by atoms with E-state index in [0.29, 0.717) is 12.1 Å². The molecule has 0 saturated heterocycles. The molecule has 2 aromatic rings. The van der Waals surface area contributed by atoms with E-state index in [0.717, 1.165) is 5.56 Å². The zero-order chi connectivity index (χ0) is 15.7. The number of carbonyl (C=O) groups is 1. The van der Waals surface area contributed by atoms with E-state index in [4.69, 9.17) is 5.26 Å². The van der Waals surface area contributed by atoms with Gasteiger partial charge in [-0.1, -0.05) is 24.3 Å². The lowest BCUT2D eigenvalue weighted by Crippen LogP contribution is -2.18. The molecule has 2 N–H and O–H groups in total. The molecule has 0 aliphatic carbocycles. The van der Waals surface area contributed by atoms with Crippen molar-refractivity contribution in [2.75, 3.05) is 4.72 Å². The van der Waals surface area contributed by atoms with E-state index in [9.17, 15) is 13.2 Å². The summed E-state index contributed by atoms with van der Waals surface area (Å²) in [5.41, 5.74) is 1.31. The Labute approximate surface area is 127 Å². The fourth-order valence-corrected chi connectivity index (χ4v) is 3.59. The highest BCUT2D eigenvalue weighted by molar-refractivity contribution is 7.92. The van der Waals surface area contributed by atoms with Crippen molar-refractivity contribution in [2.24, 2.45) is 0 Å². The third-order valence-corrected chi connectivity index (χ3v) is 4.78. The molecule has 0 radical (unpaired) electrons. The highest BCUT2D eigenvalue weighted by Crippen LogP contribution is 2.27. The first kappa shape index (κ1) is 14.1. The van der Waals surface area contributed by atoms with Gasteiger partial charge in [0.05, 0.1) is 16.8 Å². The predicted octanol–water partition coefficient (Wildman–Crippen LogP) is 1.60. The van der Waals surface area contributed by atoms with Crippen molar-refractivity contribution in [3.63, 3.8) is 0 Å². The molecule has 1 aliphatic heterocycles. The van der Waals surface area contributed by atoms with Gasteiger partial charge in [-0.05, 0) is 23.8 Å². The zero-order valence-corrected chi connectivity index (χ0v) is 12.1. The van der Waals surface area contributed by atoms with E-state index in [1.165, 1.54) is 24.3 Å². The molecule has 1 amide bonds. The quantitative estimate of drug-likeness (QED) is 0.899. The summed E-state index contributed by atoms with van der Waals surface area (Å²) in [7, 11) is -3.95. The molecule has 0 spiro atoms. The van der Waals surface area contributed by atoms with Gasteiger partial charge in [-0.25, -0.2) is 8.42 Å². The van der Waals surface area contributed by atoms with Crippen molar-refractivity contribution in [3.05, 3.63) is 59.2 Å². The van der Waals surface area contributed by atoms with Crippen molar-refractivity contribution in [3.8, 4) is 6.07 Å². The van der Waals surface area contributed by atoms with Crippen LogP contribution in [-0.4, -0.2) is 14.3 Å². The molecule has 2 aromatic carbocycles. The van der Waals surface area contributed by atoms with Gasteiger partial charge in [0.1, 0.15) is 11.0 Å². The number of nitriles is 1. The number of amides is 1. The molecule has 110 valence electrons. The Kier molecular flexibility index (Phi) is 3.31. The van der Waals surface area contributed by atoms with Gasteiger partial charge in [0.2, 0.25) is 0 Å². The van der Waals surface area contributed by atoms with Gasteiger partial charge in [-0.3, -0.25) is 9.52 Å². The van der Waals surface area contributed by atoms with Crippen molar-refractivity contribution in [1.29, 1.82) is 5.26 Å². The zero-order valence-electron chi connectivity index (χ0n) is 11.3. The molecule has 0 bridgehead atoms. The summed E-state index contributed by atoms with van der Waals surface area (Å²) >= 11 is 0. The lowest BCUT2D eigenvalue weighted by atomic mass is 10.1. The number of sulfonamides is 1. The lowest BCUT2D eigenvalue weighted by Gasteiger charge is -2.11. The smallest absolute Gasteiger partial charge is 0.263 e. The summed E-state index contributed by atoms with van der Waals surface area (Å²) in [5.74, 6) is -0.318. The van der Waals surface area contributed by atoms with Gasteiger partial charge in [-0.2, -0.15) is 5.26 Å². The summed E-state index contributed by atoms with van der Waals surface area (Å²) in [4.78, 5) is 11.7. The van der Waals surface area contributed by atoms with Crippen LogP contribution in [0.15, 0.2) is 47.4 Å². The number of fused-ring (bicyclic) bond motifs is 1. The highest BCUT2D eigenvalue weighted by Gasteiger charge is 2.26. The van der Waals surface area contributed by atoms with Crippen LogP contribution in [0.3, 0.4) is 0 Å². The van der Waals surface area contributed by atoms with E-state index < -0.39 is 10.0 Å². The van der Waals surface area contributed by atoms with Crippen LogP contribution in [0.2, 0.25) is 0 Å². The van der Waals surface area contributed by atoms with Crippen molar-refractivity contribution in [1.82, 2.24) is 5.32 Å². The summed E-state index contributed by atoms with van der Waals surface area (Å²) < 4.78 is 27.4. The van der Waals surface area contributed by atoms with Crippen molar-refractivity contribution in [2.45, 2.75) is 11.4 Å². The molecule has 22 heavy (non-hydrogen) atoms. The van der Waals surface area contributed by atoms with Gasteiger partial charge in [0.15, 0.2) is 0 Å². The minimum atomic E-state index is -3.95. The molecule has 0 saturated carbocycles. The van der Waals surface area contributed by atoms with Crippen LogP contribution >= 0.6 is 0 Å². The summed E-state index contributed by atoms with van der Waals surface area (Å²) in [6.07, 6.45) is 0. The standard InChI is InChI=1S/C15H11N3O3S/c16-8-10-4-1-2-7-13(10)22(20,21)18-12-6-3-5-11-9-17-15(19)14(11)12/h1-7,18H,9H2,(H,17,19). The minimum Gasteiger partial charge on any atom is -0.348 e. The normalized spacial score (nSPS) is 13.1. The number of anilines is 1. The number of rotatable bonds is 3. The van der Waals surface area contributed by atoms with Gasteiger partial charge in [0.25, 0.3) is 15.9 Å². The Bertz CT molecular complexity index is 914. The second-order valence-electron chi connectivity index (χ2n) is 4.74. The van der Waals surface area contributed by atoms with E-state index in [1.807, 2.05) is 6.07 Å². The first-order valence-electron chi connectivity index (χ1n) is 6.45. The van der Waals surface area contributed by atoms with Gasteiger partial charge in [-0.15, -0.1) is 0 Å². The topological polar surface area (TPSA) is 99.1 Å². The second kappa shape index (κ2) is 5.16. The molecule has 7 heteroatoms. The van der Waals surface area contributed by atoms with Crippen LogP contribution in [-0.2, 0) is 16.6 Å². The van der Waals surface area contributed by atoms with E-state index in [1.54, 1.807) is 18.2 Å². The fraction of sp³-hybridized carbons (Fsp3) is 0.0667. The Morgan fingerprint density at radius 2 is 1.91 bits per heavy atom. The Balaban J connectivity index is 2.06. The molecular formula is C15H11N3O3S. The first-order chi connectivity index (χ1) is 10.5. The summed E-state index contributed by atoms with van der Waals surface area (Å²) in [6, 6.07) is 12.7. The molecule has 6 nitrogen and oxygen atoms in total. The lowest BCUT2D eigenvalue weighted by molar-refractivity contribution is 0.0966. The number of nitrogens with zero attached hydrogens (tertiary/aromatic N) is 1. The number of hydrogen-bond acceptors (Lipinski definition) is 4. The van der Waals surface area contributed by atoms with Crippen LogP contribution in [0, 0.1) is 11.3 Å². The van der Waals surface area contributed by atoms with Crippen LogP contribution in [0.4, 0.5) is 5.69 Å². The Morgan fingerprint density at radius 3 is 2.68 bits per heavy atom.